The van der Waals surface area contributed by atoms with Gasteiger partial charge in [-0.15, -0.1) is 0 Å². The van der Waals surface area contributed by atoms with Gasteiger partial charge in [0.2, 0.25) is 0 Å². The second-order valence-electron chi connectivity index (χ2n) is 9.11. The van der Waals surface area contributed by atoms with Crippen molar-refractivity contribution in [1.82, 2.24) is 15.3 Å². The van der Waals surface area contributed by atoms with Crippen LogP contribution in [0.2, 0.25) is 0 Å². The quantitative estimate of drug-likeness (QED) is 0.531. The third-order valence-corrected chi connectivity index (χ3v) is 7.51. The van der Waals surface area contributed by atoms with Crippen molar-refractivity contribution < 1.29 is 17.9 Å². The van der Waals surface area contributed by atoms with Crippen molar-refractivity contribution in [2.45, 2.75) is 43.6 Å². The van der Waals surface area contributed by atoms with Gasteiger partial charge in [-0.25, -0.2) is 23.2 Å². The van der Waals surface area contributed by atoms with Gasteiger partial charge in [-0.3, -0.25) is 0 Å². The Morgan fingerprint density at radius 1 is 1.12 bits per heavy atom. The number of hydrogen-bond donors (Lipinski definition) is 3. The van der Waals surface area contributed by atoms with E-state index < -0.39 is 16.1 Å². The van der Waals surface area contributed by atoms with Crippen LogP contribution in [0.4, 0.5) is 16.3 Å². The van der Waals surface area contributed by atoms with Gasteiger partial charge in [-0.05, 0) is 49.9 Å². The summed E-state index contributed by atoms with van der Waals surface area (Å²) in [6.07, 6.45) is 4.70. The van der Waals surface area contributed by atoms with Crippen LogP contribution < -0.4 is 15.5 Å². The molecule has 1 aromatic carbocycles. The highest BCUT2D eigenvalue weighted by molar-refractivity contribution is 7.72. The first-order valence-corrected chi connectivity index (χ1v) is 12.9. The number of benzene rings is 1. The molecule has 3 aliphatic rings. The molecule has 33 heavy (non-hydrogen) atoms. The molecule has 0 atom stereocenters. The first-order chi connectivity index (χ1) is 16.0. The number of thiol groups is 1. The van der Waals surface area contributed by atoms with E-state index in [1.807, 2.05) is 30.3 Å². The Balaban J connectivity index is 1.44. The van der Waals surface area contributed by atoms with Crippen molar-refractivity contribution in [2.75, 3.05) is 42.3 Å². The summed E-state index contributed by atoms with van der Waals surface area (Å²) >= 11 is 0. The standard InChI is InChI=1S/C23H29N5O4S/c29-22(25-18-6-7-18)24-17-4-2-16(3-5-17)21-26-19(23(8-1-9-23)15-33(30)31)14-20(27-21)28-10-12-32-13-11-28/h2-5,14,18,33H,1,6-13,15H2,(H2,24,25,29). The van der Waals surface area contributed by atoms with E-state index in [-0.39, 0.29) is 11.8 Å². The number of morpholine rings is 1. The molecule has 3 fully saturated rings. The minimum absolute atomic E-state index is 0.111. The van der Waals surface area contributed by atoms with E-state index in [1.54, 1.807) is 0 Å². The van der Waals surface area contributed by atoms with Crippen LogP contribution in [0.3, 0.4) is 0 Å². The van der Waals surface area contributed by atoms with Gasteiger partial charge in [0.1, 0.15) is 16.5 Å². The smallest absolute Gasteiger partial charge is 0.319 e. The molecule has 2 heterocycles. The topological polar surface area (TPSA) is 114 Å². The highest BCUT2D eigenvalue weighted by Crippen LogP contribution is 2.44. The van der Waals surface area contributed by atoms with Crippen molar-refractivity contribution in [3.05, 3.63) is 36.0 Å². The summed E-state index contributed by atoms with van der Waals surface area (Å²) in [5, 5.41) is 5.76. The number of carbonyl (C=O) groups is 1. The Morgan fingerprint density at radius 2 is 1.85 bits per heavy atom. The number of nitrogens with zero attached hydrogens (tertiary/aromatic N) is 3. The van der Waals surface area contributed by atoms with Crippen molar-refractivity contribution in [3.63, 3.8) is 0 Å². The Hall–Kier alpha value is -2.72. The Morgan fingerprint density at radius 3 is 2.45 bits per heavy atom. The molecule has 2 amide bonds. The van der Waals surface area contributed by atoms with Gasteiger partial charge in [-0.2, -0.15) is 0 Å². The molecule has 176 valence electrons. The van der Waals surface area contributed by atoms with Crippen LogP contribution in [-0.2, 0) is 20.9 Å². The molecule has 1 saturated heterocycles. The van der Waals surface area contributed by atoms with Gasteiger partial charge in [0.15, 0.2) is 5.82 Å². The lowest BCUT2D eigenvalue weighted by Crippen LogP contribution is -2.41. The van der Waals surface area contributed by atoms with E-state index in [2.05, 4.69) is 15.5 Å². The highest BCUT2D eigenvalue weighted by atomic mass is 32.2. The van der Waals surface area contributed by atoms with E-state index in [4.69, 9.17) is 14.7 Å². The maximum absolute atomic E-state index is 12.0. The molecule has 1 aliphatic heterocycles. The zero-order chi connectivity index (χ0) is 22.8. The van der Waals surface area contributed by atoms with Crippen molar-refractivity contribution in [1.29, 1.82) is 0 Å². The molecular formula is C23H29N5O4S. The van der Waals surface area contributed by atoms with Crippen LogP contribution in [-0.4, -0.2) is 62.5 Å². The number of anilines is 2. The summed E-state index contributed by atoms with van der Waals surface area (Å²) in [7, 11) is -2.51. The van der Waals surface area contributed by atoms with Gasteiger partial charge < -0.3 is 20.3 Å². The number of ether oxygens (including phenoxy) is 1. The van der Waals surface area contributed by atoms with Crippen molar-refractivity contribution in [2.24, 2.45) is 0 Å². The highest BCUT2D eigenvalue weighted by Gasteiger charge is 2.41. The first-order valence-electron chi connectivity index (χ1n) is 11.5. The van der Waals surface area contributed by atoms with Crippen LogP contribution >= 0.6 is 0 Å². The molecular weight excluding hydrogens is 442 g/mol. The van der Waals surface area contributed by atoms with Gasteiger partial charge in [0.25, 0.3) is 0 Å². The molecule has 0 unspecified atom stereocenters. The summed E-state index contributed by atoms with van der Waals surface area (Å²) in [6, 6.07) is 9.50. The monoisotopic (exact) mass is 471 g/mol. The Kier molecular flexibility index (Phi) is 6.20. The minimum Gasteiger partial charge on any atom is -0.378 e. The second-order valence-corrected chi connectivity index (χ2v) is 10.1. The number of urea groups is 1. The van der Waals surface area contributed by atoms with Crippen LogP contribution in [0.25, 0.3) is 11.4 Å². The Labute approximate surface area is 194 Å². The lowest BCUT2D eigenvalue weighted by molar-refractivity contribution is 0.122. The fourth-order valence-corrected chi connectivity index (χ4v) is 5.39. The molecule has 1 aromatic heterocycles. The van der Waals surface area contributed by atoms with Gasteiger partial charge in [-0.1, -0.05) is 6.42 Å². The zero-order valence-electron chi connectivity index (χ0n) is 18.5. The summed E-state index contributed by atoms with van der Waals surface area (Å²) in [4.78, 5) is 23.8. The molecule has 0 bridgehead atoms. The molecule has 0 spiro atoms. The van der Waals surface area contributed by atoms with E-state index in [0.717, 1.165) is 62.3 Å². The lowest BCUT2D eigenvalue weighted by atomic mass is 9.68. The first kappa shape index (κ1) is 22.1. The van der Waals surface area contributed by atoms with Gasteiger partial charge in [0.05, 0.1) is 24.7 Å². The normalized spacial score (nSPS) is 19.7. The van der Waals surface area contributed by atoms with E-state index in [9.17, 15) is 13.2 Å². The molecule has 9 nitrogen and oxygen atoms in total. The summed E-state index contributed by atoms with van der Waals surface area (Å²) in [6.45, 7) is 2.74. The van der Waals surface area contributed by atoms with Gasteiger partial charge >= 0.3 is 6.03 Å². The number of carbonyl (C=O) groups excluding carboxylic acids is 1. The Bertz CT molecular complexity index is 1080. The molecule has 5 rings (SSSR count). The third kappa shape index (κ3) is 5.11. The van der Waals surface area contributed by atoms with E-state index >= 15 is 0 Å². The summed E-state index contributed by atoms with van der Waals surface area (Å²) in [5.41, 5.74) is 1.88. The van der Waals surface area contributed by atoms with E-state index in [0.29, 0.717) is 30.8 Å². The fourth-order valence-electron chi connectivity index (χ4n) is 4.42. The molecule has 2 saturated carbocycles. The zero-order valence-corrected chi connectivity index (χ0v) is 19.4. The fraction of sp³-hybridized carbons (Fsp3) is 0.522. The van der Waals surface area contributed by atoms with Gasteiger partial charge in [0, 0.05) is 41.9 Å². The van der Waals surface area contributed by atoms with E-state index in [1.165, 1.54) is 0 Å². The summed E-state index contributed by atoms with van der Waals surface area (Å²) in [5.74, 6) is 1.48. The SMILES string of the molecule is O=C(Nc1ccc(-c2nc(N3CCOCC3)cc(C3(C[SH](=O)=O)CCC3)n2)cc1)NC1CC1. The van der Waals surface area contributed by atoms with Crippen molar-refractivity contribution >= 4 is 28.2 Å². The number of hydrogen-bond acceptors (Lipinski definition) is 7. The van der Waals surface area contributed by atoms with Crippen LogP contribution in [0, 0.1) is 0 Å². The maximum Gasteiger partial charge on any atom is 0.319 e. The number of aromatic nitrogens is 2. The second kappa shape index (κ2) is 9.26. The van der Waals surface area contributed by atoms with Crippen LogP contribution in [0.5, 0.6) is 0 Å². The average molecular weight is 472 g/mol. The number of rotatable bonds is 7. The number of amides is 2. The molecule has 2 N–H and O–H groups in total. The molecule has 2 aliphatic carbocycles. The predicted molar refractivity (Wildman–Crippen MR) is 126 cm³/mol. The molecule has 2 aromatic rings. The number of nitrogens with one attached hydrogen (secondary N) is 2. The third-order valence-electron chi connectivity index (χ3n) is 6.65. The molecule has 10 heteroatoms. The lowest BCUT2D eigenvalue weighted by Gasteiger charge is -2.40. The largest absolute Gasteiger partial charge is 0.378 e. The average Bonchev–Trinajstić information content (AvgIpc) is 3.61. The predicted octanol–water partition coefficient (Wildman–Crippen LogP) is 2.30. The van der Waals surface area contributed by atoms with Crippen LogP contribution in [0.15, 0.2) is 30.3 Å². The van der Waals surface area contributed by atoms with Crippen molar-refractivity contribution in [3.8, 4) is 11.4 Å². The molecule has 0 radical (unpaired) electrons. The maximum atomic E-state index is 12.0. The minimum atomic E-state index is -2.51. The summed E-state index contributed by atoms with van der Waals surface area (Å²) < 4.78 is 28.8. The van der Waals surface area contributed by atoms with Crippen LogP contribution in [0.1, 0.15) is 37.8 Å².